The van der Waals surface area contributed by atoms with Crippen LogP contribution in [0.4, 0.5) is 9.18 Å². The van der Waals surface area contributed by atoms with Crippen LogP contribution in [-0.4, -0.2) is 58.3 Å². The Bertz CT molecular complexity index is 686. The molecule has 0 aromatic heterocycles. The minimum absolute atomic E-state index is 0.0687. The van der Waals surface area contributed by atoms with Crippen molar-refractivity contribution in [1.82, 2.24) is 10.2 Å². The molecule has 1 aliphatic rings. The Morgan fingerprint density at radius 2 is 2.04 bits per heavy atom. The molecule has 0 bridgehead atoms. The molecule has 1 aromatic carbocycles. The van der Waals surface area contributed by atoms with Gasteiger partial charge in [-0.05, 0) is 25.0 Å². The van der Waals surface area contributed by atoms with Crippen molar-refractivity contribution in [3.63, 3.8) is 0 Å². The Balaban J connectivity index is 1.87. The van der Waals surface area contributed by atoms with Gasteiger partial charge in [0.15, 0.2) is 6.61 Å². The average molecular weight is 375 g/mol. The van der Waals surface area contributed by atoms with Crippen LogP contribution >= 0.6 is 11.6 Å². The van der Waals surface area contributed by atoms with E-state index in [-0.39, 0.29) is 23.7 Å². The quantitative estimate of drug-likeness (QED) is 0.720. The van der Waals surface area contributed by atoms with Crippen LogP contribution in [0.15, 0.2) is 18.2 Å². The van der Waals surface area contributed by atoms with E-state index in [9.17, 15) is 18.8 Å². The van der Waals surface area contributed by atoms with E-state index in [0.29, 0.717) is 6.42 Å². The number of carboxylic acid groups (broad SMARTS) is 2. The Hall–Kier alpha value is -2.55. The van der Waals surface area contributed by atoms with Crippen LogP contribution in [-0.2, 0) is 9.59 Å². The van der Waals surface area contributed by atoms with E-state index >= 15 is 0 Å². The summed E-state index contributed by atoms with van der Waals surface area (Å²) in [5.74, 6) is -2.30. The number of hydrogen-bond acceptors (Lipinski definition) is 4. The highest BCUT2D eigenvalue weighted by Gasteiger charge is 2.36. The van der Waals surface area contributed by atoms with E-state index in [2.05, 4.69) is 5.32 Å². The standard InChI is InChI=1S/C15H16ClFN2O6/c16-10-3-2-9(5-11(10)17)25-7-13(20)18-8-1-4-12(14(21)22)19(6-8)15(23)24/h2-3,5,8,12H,1,4,6-7H2,(H,18,20)(H,21,22)(H,23,24)/t8?,12-/m1/s1. The van der Waals surface area contributed by atoms with Gasteiger partial charge in [-0.1, -0.05) is 11.6 Å². The topological polar surface area (TPSA) is 116 Å². The molecule has 10 heteroatoms. The summed E-state index contributed by atoms with van der Waals surface area (Å²) in [4.78, 5) is 34.9. The first-order valence-electron chi connectivity index (χ1n) is 7.37. The van der Waals surface area contributed by atoms with Crippen LogP contribution in [0.25, 0.3) is 0 Å². The second-order valence-electron chi connectivity index (χ2n) is 5.50. The smallest absolute Gasteiger partial charge is 0.408 e. The van der Waals surface area contributed by atoms with Crippen molar-refractivity contribution < 1.29 is 33.7 Å². The number of carbonyl (C=O) groups excluding carboxylic acids is 1. The number of nitrogens with zero attached hydrogens (tertiary/aromatic N) is 1. The third-order valence-electron chi connectivity index (χ3n) is 3.74. The fourth-order valence-corrected chi connectivity index (χ4v) is 2.66. The molecule has 1 heterocycles. The lowest BCUT2D eigenvalue weighted by Gasteiger charge is -2.35. The fourth-order valence-electron chi connectivity index (χ4n) is 2.54. The molecule has 0 radical (unpaired) electrons. The molecule has 1 saturated heterocycles. The summed E-state index contributed by atoms with van der Waals surface area (Å²) in [6.07, 6.45) is -0.947. The zero-order chi connectivity index (χ0) is 18.6. The number of halogens is 2. The number of ether oxygens (including phenoxy) is 1. The molecule has 0 aliphatic carbocycles. The fraction of sp³-hybridized carbons (Fsp3) is 0.400. The van der Waals surface area contributed by atoms with Crippen molar-refractivity contribution >= 4 is 29.6 Å². The Labute approximate surface area is 147 Å². The highest BCUT2D eigenvalue weighted by Crippen LogP contribution is 2.21. The molecule has 3 N–H and O–H groups in total. The summed E-state index contributed by atoms with van der Waals surface area (Å²) >= 11 is 5.54. The monoisotopic (exact) mass is 374 g/mol. The summed E-state index contributed by atoms with van der Waals surface area (Å²) < 4.78 is 18.4. The van der Waals surface area contributed by atoms with Gasteiger partial charge in [0.2, 0.25) is 0 Å². The second-order valence-corrected chi connectivity index (χ2v) is 5.90. The number of likely N-dealkylation sites (tertiary alicyclic amines) is 1. The predicted molar refractivity (Wildman–Crippen MR) is 84.2 cm³/mol. The molecule has 136 valence electrons. The SMILES string of the molecule is O=C(COc1ccc(Cl)c(F)c1)NC1CC[C@H](C(=O)O)N(C(=O)O)C1. The van der Waals surface area contributed by atoms with E-state index in [4.69, 9.17) is 26.6 Å². The Morgan fingerprint density at radius 3 is 2.64 bits per heavy atom. The number of benzene rings is 1. The number of aliphatic carboxylic acids is 1. The maximum Gasteiger partial charge on any atom is 0.408 e. The normalized spacial score (nSPS) is 20.0. The van der Waals surface area contributed by atoms with Crippen molar-refractivity contribution in [2.45, 2.75) is 24.9 Å². The largest absolute Gasteiger partial charge is 0.484 e. The molecule has 1 aliphatic heterocycles. The molecule has 25 heavy (non-hydrogen) atoms. The summed E-state index contributed by atoms with van der Waals surface area (Å²) in [5.41, 5.74) is 0. The van der Waals surface area contributed by atoms with Gasteiger partial charge in [0.1, 0.15) is 17.6 Å². The number of nitrogens with one attached hydrogen (secondary N) is 1. The van der Waals surface area contributed by atoms with Crippen LogP contribution in [0.5, 0.6) is 5.75 Å². The van der Waals surface area contributed by atoms with Gasteiger partial charge in [0.05, 0.1) is 5.02 Å². The van der Waals surface area contributed by atoms with Crippen LogP contribution in [0.2, 0.25) is 5.02 Å². The van der Waals surface area contributed by atoms with Gasteiger partial charge in [-0.3, -0.25) is 9.69 Å². The number of carbonyl (C=O) groups is 3. The van der Waals surface area contributed by atoms with Gasteiger partial charge in [-0.25, -0.2) is 14.0 Å². The van der Waals surface area contributed by atoms with Gasteiger partial charge in [-0.15, -0.1) is 0 Å². The number of amides is 2. The molecular formula is C15H16ClFN2O6. The average Bonchev–Trinajstić information content (AvgIpc) is 2.55. The molecular weight excluding hydrogens is 359 g/mol. The van der Waals surface area contributed by atoms with Gasteiger partial charge in [-0.2, -0.15) is 0 Å². The summed E-state index contributed by atoms with van der Waals surface area (Å²) in [6.45, 7) is -0.527. The summed E-state index contributed by atoms with van der Waals surface area (Å²) in [7, 11) is 0. The van der Waals surface area contributed by atoms with Crippen LogP contribution in [0.3, 0.4) is 0 Å². The van der Waals surface area contributed by atoms with Crippen molar-refractivity contribution in [1.29, 1.82) is 0 Å². The number of rotatable bonds is 5. The van der Waals surface area contributed by atoms with Gasteiger partial charge in [0, 0.05) is 18.7 Å². The Morgan fingerprint density at radius 1 is 1.32 bits per heavy atom. The molecule has 0 spiro atoms. The zero-order valence-electron chi connectivity index (χ0n) is 12.9. The lowest BCUT2D eigenvalue weighted by molar-refractivity contribution is -0.144. The summed E-state index contributed by atoms with van der Waals surface area (Å²) in [5, 5.41) is 20.6. The van der Waals surface area contributed by atoms with E-state index < -0.39 is 42.5 Å². The molecule has 1 unspecified atom stereocenters. The lowest BCUT2D eigenvalue weighted by atomic mass is 9.98. The molecule has 1 aromatic rings. The molecule has 2 rings (SSSR count). The van der Waals surface area contributed by atoms with E-state index in [1.54, 1.807) is 0 Å². The van der Waals surface area contributed by atoms with Gasteiger partial charge < -0.3 is 20.3 Å². The maximum atomic E-state index is 13.3. The minimum Gasteiger partial charge on any atom is -0.484 e. The number of piperidine rings is 1. The molecule has 8 nitrogen and oxygen atoms in total. The molecule has 2 atom stereocenters. The van der Waals surface area contributed by atoms with Gasteiger partial charge in [0.25, 0.3) is 5.91 Å². The Kier molecular flexibility index (Phi) is 6.02. The highest BCUT2D eigenvalue weighted by atomic mass is 35.5. The van der Waals surface area contributed by atoms with Crippen molar-refractivity contribution in [3.05, 3.63) is 29.0 Å². The second kappa shape index (κ2) is 8.02. The molecule has 0 saturated carbocycles. The first-order valence-corrected chi connectivity index (χ1v) is 7.75. The van der Waals surface area contributed by atoms with Crippen molar-refractivity contribution in [2.75, 3.05) is 13.2 Å². The zero-order valence-corrected chi connectivity index (χ0v) is 13.7. The lowest BCUT2D eigenvalue weighted by Crippen LogP contribution is -2.56. The van der Waals surface area contributed by atoms with Gasteiger partial charge >= 0.3 is 12.1 Å². The first kappa shape index (κ1) is 18.8. The van der Waals surface area contributed by atoms with Crippen LogP contribution in [0.1, 0.15) is 12.8 Å². The number of hydrogen-bond donors (Lipinski definition) is 3. The summed E-state index contributed by atoms with van der Waals surface area (Å²) in [6, 6.07) is 2.09. The first-order chi connectivity index (χ1) is 11.8. The van der Waals surface area contributed by atoms with Crippen LogP contribution in [0, 0.1) is 5.82 Å². The van der Waals surface area contributed by atoms with E-state index in [0.717, 1.165) is 11.0 Å². The van der Waals surface area contributed by atoms with Crippen molar-refractivity contribution in [3.8, 4) is 5.75 Å². The third kappa shape index (κ3) is 4.96. The maximum absolute atomic E-state index is 13.3. The third-order valence-corrected chi connectivity index (χ3v) is 4.05. The predicted octanol–water partition coefficient (Wildman–Crippen LogP) is 1.57. The van der Waals surface area contributed by atoms with E-state index in [1.165, 1.54) is 12.1 Å². The molecule has 1 fully saturated rings. The number of carboxylic acids is 1. The molecule has 2 amide bonds. The van der Waals surface area contributed by atoms with Crippen LogP contribution < -0.4 is 10.1 Å². The highest BCUT2D eigenvalue weighted by molar-refractivity contribution is 6.30. The van der Waals surface area contributed by atoms with E-state index in [1.807, 2.05) is 0 Å². The van der Waals surface area contributed by atoms with Crippen molar-refractivity contribution in [2.24, 2.45) is 0 Å². The minimum atomic E-state index is -1.36.